The minimum Gasteiger partial charge on any atom is -0.326 e. The van der Waals surface area contributed by atoms with Crippen molar-refractivity contribution in [3.8, 4) is 0 Å². The molecule has 9 heteroatoms. The van der Waals surface area contributed by atoms with Crippen molar-refractivity contribution in [1.82, 2.24) is 10.2 Å². The van der Waals surface area contributed by atoms with E-state index < -0.39 is 29.2 Å². The van der Waals surface area contributed by atoms with Gasteiger partial charge in [-0.05, 0) is 31.0 Å². The molecule has 1 aromatic rings. The third-order valence-electron chi connectivity index (χ3n) is 4.74. The molecular weight excluding hydrogens is 351 g/mol. The Balaban J connectivity index is 1.58. The van der Waals surface area contributed by atoms with Gasteiger partial charge in [-0.2, -0.15) is 13.2 Å². The first-order valence-electron chi connectivity index (χ1n) is 8.32. The number of carbonyl (C=O) groups is 3. The molecule has 2 N–H and O–H groups in total. The predicted molar refractivity (Wildman–Crippen MR) is 86.1 cm³/mol. The highest BCUT2D eigenvalue weighted by Crippen LogP contribution is 2.35. The number of nitrogens with one attached hydrogen (secondary N) is 2. The normalized spacial score (nSPS) is 19.1. The molecule has 2 aliphatic rings. The monoisotopic (exact) mass is 369 g/mol. The summed E-state index contributed by atoms with van der Waals surface area (Å²) in [6.07, 6.45) is -1.80. The van der Waals surface area contributed by atoms with E-state index in [1.165, 1.54) is 12.1 Å². The number of hydrogen-bond acceptors (Lipinski definition) is 3. The van der Waals surface area contributed by atoms with Gasteiger partial charge in [0.25, 0.3) is 5.91 Å². The Kier molecular flexibility index (Phi) is 4.64. The zero-order chi connectivity index (χ0) is 18.9. The summed E-state index contributed by atoms with van der Waals surface area (Å²) in [5, 5.41) is 5.07. The third kappa shape index (κ3) is 3.51. The van der Waals surface area contributed by atoms with Crippen molar-refractivity contribution >= 4 is 23.5 Å². The molecule has 6 nitrogen and oxygen atoms in total. The molecule has 0 unspecified atom stereocenters. The summed E-state index contributed by atoms with van der Waals surface area (Å²) >= 11 is 0. The summed E-state index contributed by atoms with van der Waals surface area (Å²) in [6, 6.07) is 3.75. The van der Waals surface area contributed by atoms with E-state index in [2.05, 4.69) is 10.6 Å². The molecule has 3 rings (SSSR count). The third-order valence-corrected chi connectivity index (χ3v) is 4.74. The molecule has 1 aliphatic carbocycles. The number of anilines is 1. The van der Waals surface area contributed by atoms with E-state index in [0.29, 0.717) is 12.8 Å². The van der Waals surface area contributed by atoms with Gasteiger partial charge in [-0.15, -0.1) is 0 Å². The number of alkyl halides is 3. The van der Waals surface area contributed by atoms with E-state index in [1.54, 1.807) is 0 Å². The number of urea groups is 1. The molecule has 1 saturated carbocycles. The first-order chi connectivity index (χ1) is 12.2. The van der Waals surface area contributed by atoms with Gasteiger partial charge in [0.05, 0.1) is 5.56 Å². The Morgan fingerprint density at radius 2 is 1.92 bits per heavy atom. The van der Waals surface area contributed by atoms with Crippen LogP contribution in [0.15, 0.2) is 24.3 Å². The molecule has 26 heavy (non-hydrogen) atoms. The number of nitrogens with zero attached hydrogens (tertiary/aromatic N) is 1. The minimum atomic E-state index is -4.50. The van der Waals surface area contributed by atoms with Crippen LogP contribution in [-0.2, 0) is 15.8 Å². The average Bonchev–Trinajstić information content (AvgIpc) is 3.12. The fraction of sp³-hybridized carbons (Fsp3) is 0.471. The van der Waals surface area contributed by atoms with Gasteiger partial charge >= 0.3 is 12.2 Å². The van der Waals surface area contributed by atoms with Crippen LogP contribution in [0.25, 0.3) is 0 Å². The first kappa shape index (κ1) is 18.2. The van der Waals surface area contributed by atoms with Crippen LogP contribution < -0.4 is 10.6 Å². The van der Waals surface area contributed by atoms with Crippen LogP contribution in [0.4, 0.5) is 23.7 Å². The van der Waals surface area contributed by atoms with Crippen LogP contribution in [0.2, 0.25) is 0 Å². The van der Waals surface area contributed by atoms with Crippen molar-refractivity contribution in [1.29, 1.82) is 0 Å². The van der Waals surface area contributed by atoms with Crippen molar-refractivity contribution in [2.75, 3.05) is 11.9 Å². The van der Waals surface area contributed by atoms with Gasteiger partial charge in [0.15, 0.2) is 0 Å². The molecule has 0 atom stereocenters. The molecule has 140 valence electrons. The number of hydrogen-bond donors (Lipinski definition) is 2. The topological polar surface area (TPSA) is 78.5 Å². The highest BCUT2D eigenvalue weighted by Gasteiger charge is 2.52. The van der Waals surface area contributed by atoms with Crippen LogP contribution in [0.1, 0.15) is 37.7 Å². The van der Waals surface area contributed by atoms with Crippen LogP contribution in [0.5, 0.6) is 0 Å². The van der Waals surface area contributed by atoms with Crippen LogP contribution in [0, 0.1) is 0 Å². The lowest BCUT2D eigenvalue weighted by Gasteiger charge is -2.19. The summed E-state index contributed by atoms with van der Waals surface area (Å²) < 4.78 is 38.1. The minimum absolute atomic E-state index is 0.00860. The van der Waals surface area contributed by atoms with E-state index >= 15 is 0 Å². The van der Waals surface area contributed by atoms with Crippen molar-refractivity contribution < 1.29 is 27.6 Å². The lowest BCUT2D eigenvalue weighted by Crippen LogP contribution is -2.44. The van der Waals surface area contributed by atoms with E-state index in [1.807, 2.05) is 0 Å². The van der Waals surface area contributed by atoms with Crippen LogP contribution in [0.3, 0.4) is 0 Å². The Morgan fingerprint density at radius 3 is 2.58 bits per heavy atom. The Hall–Kier alpha value is -2.58. The molecule has 1 saturated heterocycles. The quantitative estimate of drug-likeness (QED) is 0.801. The molecular formula is C17H18F3N3O3. The molecule has 4 amide bonds. The second kappa shape index (κ2) is 6.62. The standard InChI is InChI=1S/C17H18F3N3O3/c18-17(19,20)11-4-3-5-12(10-11)21-13(24)6-9-23-14(25)16(22-15(23)26)7-1-2-8-16/h3-5,10H,1-2,6-9H2,(H,21,24)(H,22,26). The van der Waals surface area contributed by atoms with Crippen molar-refractivity contribution in [3.05, 3.63) is 29.8 Å². The van der Waals surface area contributed by atoms with E-state index in [0.717, 1.165) is 29.9 Å². The number of benzene rings is 1. The van der Waals surface area contributed by atoms with Gasteiger partial charge in [-0.1, -0.05) is 18.9 Å². The van der Waals surface area contributed by atoms with Gasteiger partial charge in [-0.25, -0.2) is 4.79 Å². The fourth-order valence-corrected chi connectivity index (χ4v) is 3.41. The van der Waals surface area contributed by atoms with Gasteiger partial charge < -0.3 is 10.6 Å². The van der Waals surface area contributed by atoms with Crippen molar-refractivity contribution in [2.24, 2.45) is 0 Å². The molecule has 1 spiro atoms. The first-order valence-corrected chi connectivity index (χ1v) is 8.32. The molecule has 1 heterocycles. The Labute approximate surface area is 147 Å². The summed E-state index contributed by atoms with van der Waals surface area (Å²) in [7, 11) is 0. The lowest BCUT2D eigenvalue weighted by molar-refractivity contribution is -0.137. The Morgan fingerprint density at radius 1 is 1.23 bits per heavy atom. The summed E-state index contributed by atoms with van der Waals surface area (Å²) in [5.41, 5.74) is -1.70. The van der Waals surface area contributed by atoms with Crippen molar-refractivity contribution in [3.63, 3.8) is 0 Å². The van der Waals surface area contributed by atoms with E-state index in [-0.39, 0.29) is 24.6 Å². The molecule has 0 aromatic heterocycles. The largest absolute Gasteiger partial charge is 0.416 e. The fourth-order valence-electron chi connectivity index (χ4n) is 3.41. The number of carbonyl (C=O) groups excluding carboxylic acids is 3. The molecule has 0 radical (unpaired) electrons. The second-order valence-corrected chi connectivity index (χ2v) is 6.55. The number of halogens is 3. The van der Waals surface area contributed by atoms with E-state index in [4.69, 9.17) is 0 Å². The van der Waals surface area contributed by atoms with Crippen LogP contribution >= 0.6 is 0 Å². The van der Waals surface area contributed by atoms with Gasteiger partial charge in [0.2, 0.25) is 5.91 Å². The summed E-state index contributed by atoms with van der Waals surface area (Å²) in [6.45, 7) is -0.114. The SMILES string of the molecule is O=C(CCN1C(=O)NC2(CCCC2)C1=O)Nc1cccc(C(F)(F)F)c1. The average molecular weight is 369 g/mol. The molecule has 0 bridgehead atoms. The van der Waals surface area contributed by atoms with Crippen molar-refractivity contribution in [2.45, 2.75) is 43.8 Å². The van der Waals surface area contributed by atoms with Crippen LogP contribution in [-0.4, -0.2) is 34.8 Å². The maximum atomic E-state index is 12.7. The number of rotatable bonds is 4. The number of imide groups is 1. The maximum absolute atomic E-state index is 12.7. The zero-order valence-electron chi connectivity index (χ0n) is 13.9. The highest BCUT2D eigenvalue weighted by molar-refractivity contribution is 6.07. The van der Waals surface area contributed by atoms with Gasteiger partial charge in [0, 0.05) is 18.7 Å². The van der Waals surface area contributed by atoms with E-state index in [9.17, 15) is 27.6 Å². The van der Waals surface area contributed by atoms with Gasteiger partial charge in [0.1, 0.15) is 5.54 Å². The predicted octanol–water partition coefficient (Wildman–Crippen LogP) is 2.90. The number of amides is 4. The molecule has 2 fully saturated rings. The smallest absolute Gasteiger partial charge is 0.326 e. The lowest BCUT2D eigenvalue weighted by atomic mass is 9.98. The second-order valence-electron chi connectivity index (χ2n) is 6.55. The molecule has 1 aromatic carbocycles. The summed E-state index contributed by atoms with van der Waals surface area (Å²) in [5.74, 6) is -0.899. The zero-order valence-corrected chi connectivity index (χ0v) is 13.9. The molecule has 1 aliphatic heterocycles. The van der Waals surface area contributed by atoms with Gasteiger partial charge in [-0.3, -0.25) is 14.5 Å². The Bertz CT molecular complexity index is 742. The maximum Gasteiger partial charge on any atom is 0.416 e. The summed E-state index contributed by atoms with van der Waals surface area (Å²) in [4.78, 5) is 37.5. The highest BCUT2D eigenvalue weighted by atomic mass is 19.4.